The largest absolute Gasteiger partial charge is 0.390 e. The second kappa shape index (κ2) is 3.98. The van der Waals surface area contributed by atoms with E-state index in [0.717, 1.165) is 30.2 Å². The molecule has 0 unspecified atom stereocenters. The van der Waals surface area contributed by atoms with E-state index in [1.165, 1.54) is 0 Å². The lowest BCUT2D eigenvalue weighted by atomic mass is 10.3. The summed E-state index contributed by atoms with van der Waals surface area (Å²) in [6.07, 6.45) is 3.56. The fourth-order valence-corrected chi connectivity index (χ4v) is 1.02. The lowest BCUT2D eigenvalue weighted by Gasteiger charge is -1.91. The van der Waals surface area contributed by atoms with Gasteiger partial charge in [0.2, 0.25) is 5.84 Å². The van der Waals surface area contributed by atoms with Gasteiger partial charge < -0.3 is 0 Å². The van der Waals surface area contributed by atoms with Gasteiger partial charge in [0.1, 0.15) is 0 Å². The Bertz CT molecular complexity index is 291. The van der Waals surface area contributed by atoms with Crippen molar-refractivity contribution in [3.05, 3.63) is 0 Å². The number of amidine groups is 2. The topological polar surface area (TPSA) is 38.8 Å². The Balaban J connectivity index is 2.98. The molecule has 0 bridgehead atoms. The lowest BCUT2D eigenvalue weighted by Crippen LogP contribution is -2.07. The highest BCUT2D eigenvalue weighted by Crippen LogP contribution is 1.92. The lowest BCUT2D eigenvalue weighted by molar-refractivity contribution is 1.22. The Kier molecular flexibility index (Phi) is 2.94. The summed E-state index contributed by atoms with van der Waals surface area (Å²) in [6, 6.07) is 0. The van der Waals surface area contributed by atoms with Crippen LogP contribution in [0.1, 0.15) is 33.6 Å². The molecule has 1 aliphatic rings. The van der Waals surface area contributed by atoms with Crippen LogP contribution in [0.15, 0.2) is 9.98 Å². The fourth-order valence-electron chi connectivity index (χ4n) is 1.02. The zero-order chi connectivity index (χ0) is 8.97. The van der Waals surface area contributed by atoms with E-state index in [-0.39, 0.29) is 0 Å². The van der Waals surface area contributed by atoms with Crippen LogP contribution in [0.3, 0.4) is 0 Å². The maximum atomic E-state index is 4.29. The molecule has 0 aromatic rings. The molecule has 0 saturated carbocycles. The van der Waals surface area contributed by atoms with Gasteiger partial charge in [0.05, 0.1) is 12.8 Å². The van der Waals surface area contributed by atoms with Crippen LogP contribution in [0.2, 0.25) is 0 Å². The number of nitrogens with zero attached hydrogens (tertiary/aromatic N) is 3. The highest BCUT2D eigenvalue weighted by Gasteiger charge is 2.08. The molecule has 0 spiro atoms. The van der Waals surface area contributed by atoms with E-state index < -0.39 is 0 Å². The summed E-state index contributed by atoms with van der Waals surface area (Å²) < 4.78 is 4.23. The van der Waals surface area contributed by atoms with E-state index in [0.29, 0.717) is 0 Å². The van der Waals surface area contributed by atoms with Gasteiger partial charge in [0.15, 0.2) is 6.21 Å². The third-order valence-electron chi connectivity index (χ3n) is 1.59. The quantitative estimate of drug-likeness (QED) is 0.523. The van der Waals surface area contributed by atoms with Gasteiger partial charge in [-0.1, -0.05) is 6.92 Å². The van der Waals surface area contributed by atoms with Crippen molar-refractivity contribution < 1.29 is 0 Å². The minimum absolute atomic E-state index is 0.807. The van der Waals surface area contributed by atoms with E-state index in [1.807, 2.05) is 27.0 Å². The summed E-state index contributed by atoms with van der Waals surface area (Å²) in [5.41, 5.74) is 1.06. The van der Waals surface area contributed by atoms with Crippen LogP contribution in [0.25, 0.3) is 0 Å². The zero-order valence-corrected chi connectivity index (χ0v) is 7.83. The smallest absolute Gasteiger partial charge is 0.219 e. The third-order valence-corrected chi connectivity index (χ3v) is 1.59. The van der Waals surface area contributed by atoms with Crippen LogP contribution >= 0.6 is 0 Å². The van der Waals surface area contributed by atoms with Crippen molar-refractivity contribution in [1.82, 2.24) is 4.67 Å². The van der Waals surface area contributed by atoms with Crippen molar-refractivity contribution in [3.8, 4) is 0 Å². The molecule has 3 heteroatoms. The third kappa shape index (κ3) is 2.44. The molecule has 0 radical (unpaired) electrons. The van der Waals surface area contributed by atoms with Gasteiger partial charge in [-0.25, -0.2) is 9.66 Å². The highest BCUT2D eigenvalue weighted by atomic mass is 15.0. The molecule has 0 aromatic heterocycles. The normalized spacial score (nSPS) is 17.4. The summed E-state index contributed by atoms with van der Waals surface area (Å²) in [7, 11) is 0. The van der Waals surface area contributed by atoms with Crippen molar-refractivity contribution in [2.45, 2.75) is 33.6 Å². The van der Waals surface area contributed by atoms with E-state index in [4.69, 9.17) is 0 Å². The summed E-state index contributed by atoms with van der Waals surface area (Å²) in [4.78, 5) is 8.54. The first-order valence-corrected chi connectivity index (χ1v) is 4.20. The van der Waals surface area contributed by atoms with Crippen LogP contribution < -0.4 is 4.67 Å². The highest BCUT2D eigenvalue weighted by molar-refractivity contribution is 6.07. The first-order chi connectivity index (χ1) is 5.72. The molecular weight excluding hydrogens is 150 g/mol. The van der Waals surface area contributed by atoms with Gasteiger partial charge in [-0.05, 0) is 11.9 Å². The van der Waals surface area contributed by atoms with Gasteiger partial charge in [0, 0.05) is 12.6 Å². The van der Waals surface area contributed by atoms with Crippen LogP contribution in [-0.2, 0) is 0 Å². The number of hydrogen-bond donors (Lipinski definition) is 0. The maximum Gasteiger partial charge on any atom is 0.390 e. The van der Waals surface area contributed by atoms with Crippen molar-refractivity contribution in [2.24, 2.45) is 9.98 Å². The van der Waals surface area contributed by atoms with E-state index >= 15 is 0 Å². The number of hydrogen-bond acceptors (Lipinski definition) is 2. The SMILES string of the molecule is CCC1=[N+]=CCC(C)=NC(C)=N1. The van der Waals surface area contributed by atoms with Crippen LogP contribution in [0.4, 0.5) is 0 Å². The molecule has 0 aliphatic carbocycles. The van der Waals surface area contributed by atoms with E-state index in [9.17, 15) is 0 Å². The average Bonchev–Trinajstić information content (AvgIpc) is 1.99. The molecule has 3 nitrogen and oxygen atoms in total. The van der Waals surface area contributed by atoms with Crippen molar-refractivity contribution in [3.63, 3.8) is 0 Å². The molecule has 1 heterocycles. The monoisotopic (exact) mass is 164 g/mol. The zero-order valence-electron chi connectivity index (χ0n) is 7.83. The predicted molar refractivity (Wildman–Crippen MR) is 54.3 cm³/mol. The predicted octanol–water partition coefficient (Wildman–Crippen LogP) is 1.22. The number of rotatable bonds is 1. The summed E-state index contributed by atoms with van der Waals surface area (Å²) >= 11 is 0. The Morgan fingerprint density at radius 2 is 2.17 bits per heavy atom. The molecule has 12 heavy (non-hydrogen) atoms. The van der Waals surface area contributed by atoms with E-state index in [1.54, 1.807) is 0 Å². The summed E-state index contributed by atoms with van der Waals surface area (Å²) in [5, 5.41) is 0. The minimum Gasteiger partial charge on any atom is -0.219 e. The standard InChI is InChI=1S/C9H14N3/c1-4-9-10-6-5-7(2)11-8(3)12-9/h6H,4-5H2,1-3H3/q+1. The maximum absolute atomic E-state index is 4.29. The molecule has 0 amide bonds. The average molecular weight is 164 g/mol. The molecule has 0 saturated heterocycles. The van der Waals surface area contributed by atoms with Crippen molar-refractivity contribution in [2.75, 3.05) is 0 Å². The van der Waals surface area contributed by atoms with Gasteiger partial charge in [-0.2, -0.15) is 0 Å². The van der Waals surface area contributed by atoms with Gasteiger partial charge in [-0.15, -0.1) is 0 Å². The molecule has 0 N–H and O–H groups in total. The number of aliphatic imine (C=N–C) groups is 2. The molecule has 1 aliphatic heterocycles. The van der Waals surface area contributed by atoms with Gasteiger partial charge in [0.25, 0.3) is 0 Å². The fraction of sp³-hybridized carbons (Fsp3) is 0.556. The first kappa shape index (κ1) is 8.88. The molecule has 0 atom stereocenters. The first-order valence-electron chi connectivity index (χ1n) is 4.20. The molecule has 64 valence electrons. The van der Waals surface area contributed by atoms with Crippen LogP contribution in [0, 0.1) is 0 Å². The van der Waals surface area contributed by atoms with Crippen molar-refractivity contribution >= 4 is 23.6 Å². The molecule has 0 aromatic carbocycles. The van der Waals surface area contributed by atoms with Crippen LogP contribution in [-0.4, -0.2) is 23.6 Å². The van der Waals surface area contributed by atoms with Crippen LogP contribution in [0.5, 0.6) is 0 Å². The molecular formula is C9H14N3+. The van der Waals surface area contributed by atoms with Crippen molar-refractivity contribution in [1.29, 1.82) is 0 Å². The summed E-state index contributed by atoms with van der Waals surface area (Å²) in [5.74, 6) is 1.67. The Hall–Kier alpha value is -1.21. The minimum atomic E-state index is 0.807. The Morgan fingerprint density at radius 1 is 1.42 bits per heavy atom. The van der Waals surface area contributed by atoms with E-state index in [2.05, 4.69) is 14.7 Å². The molecule has 0 fully saturated rings. The second-order valence-electron chi connectivity index (χ2n) is 2.79. The second-order valence-corrected chi connectivity index (χ2v) is 2.79. The van der Waals surface area contributed by atoms with Gasteiger partial charge in [-0.3, -0.25) is 0 Å². The molecule has 1 rings (SSSR count). The van der Waals surface area contributed by atoms with Gasteiger partial charge >= 0.3 is 5.84 Å². The Morgan fingerprint density at radius 3 is 2.83 bits per heavy atom. The Labute approximate surface area is 72.7 Å². The summed E-state index contributed by atoms with van der Waals surface area (Å²) in [6.45, 7) is 5.93.